The fourth-order valence-electron chi connectivity index (χ4n) is 3.16. The van der Waals surface area contributed by atoms with E-state index in [0.717, 1.165) is 37.2 Å². The third-order valence-corrected chi connectivity index (χ3v) is 4.65. The zero-order valence-electron chi connectivity index (χ0n) is 19.8. The van der Waals surface area contributed by atoms with E-state index in [1.807, 2.05) is 24.3 Å². The van der Waals surface area contributed by atoms with E-state index in [-0.39, 0.29) is 5.78 Å². The largest absolute Gasteiger partial charge is 0.475 e. The second-order valence-electron chi connectivity index (χ2n) is 7.73. The minimum Gasteiger partial charge on any atom is -0.475 e. The molecular weight excluding hydrogens is 404 g/mol. The molecule has 1 aromatic carbocycles. The molecule has 0 amide bonds. The van der Waals surface area contributed by atoms with Crippen molar-refractivity contribution >= 4 is 23.5 Å². The highest BCUT2D eigenvalue weighted by molar-refractivity contribution is 5.80. The van der Waals surface area contributed by atoms with Crippen molar-refractivity contribution in [1.82, 2.24) is 4.98 Å². The van der Waals surface area contributed by atoms with Crippen LogP contribution in [0.4, 0.5) is 11.5 Å². The van der Waals surface area contributed by atoms with Crippen LogP contribution in [0.3, 0.4) is 0 Å². The van der Waals surface area contributed by atoms with E-state index in [2.05, 4.69) is 53.3 Å². The first-order chi connectivity index (χ1) is 15.5. The van der Waals surface area contributed by atoms with E-state index < -0.39 is 0 Å². The molecule has 0 saturated carbocycles. The number of Topliss-reactive ketones (excluding diaryl/α,β-unsaturated/α-hetero) is 1. The van der Waals surface area contributed by atoms with Gasteiger partial charge in [-0.15, -0.1) is 0 Å². The first kappa shape index (κ1) is 25.3. The van der Waals surface area contributed by atoms with Gasteiger partial charge in [0.2, 0.25) is 5.88 Å². The molecule has 0 atom stereocenters. The minimum atomic E-state index is 0.120. The van der Waals surface area contributed by atoms with E-state index in [0.29, 0.717) is 37.9 Å². The average Bonchev–Trinajstić information content (AvgIpc) is 2.76. The summed E-state index contributed by atoms with van der Waals surface area (Å²) < 4.78 is 11.3. The van der Waals surface area contributed by atoms with Gasteiger partial charge in [-0.3, -0.25) is 10.2 Å². The van der Waals surface area contributed by atoms with Crippen molar-refractivity contribution in [3.05, 3.63) is 47.5 Å². The Morgan fingerprint density at radius 1 is 1.12 bits per heavy atom. The summed E-state index contributed by atoms with van der Waals surface area (Å²) in [7, 11) is 0. The van der Waals surface area contributed by atoms with Crippen molar-refractivity contribution < 1.29 is 14.3 Å². The van der Waals surface area contributed by atoms with E-state index in [1.165, 1.54) is 5.56 Å². The van der Waals surface area contributed by atoms with E-state index in [4.69, 9.17) is 9.47 Å². The molecule has 2 rings (SSSR count). The number of carbonyl (C=O) groups excluding carboxylic acids is 1. The van der Waals surface area contributed by atoms with Gasteiger partial charge in [-0.25, -0.2) is 0 Å². The Morgan fingerprint density at radius 2 is 1.91 bits per heavy atom. The lowest BCUT2D eigenvalue weighted by molar-refractivity contribution is -0.118. The number of rotatable bonds is 15. The van der Waals surface area contributed by atoms with Crippen LogP contribution in [0.1, 0.15) is 51.2 Å². The minimum absolute atomic E-state index is 0.120. The van der Waals surface area contributed by atoms with Gasteiger partial charge in [0.15, 0.2) is 5.82 Å². The number of benzene rings is 1. The summed E-state index contributed by atoms with van der Waals surface area (Å²) in [5.74, 6) is 1.26. The smallest absolute Gasteiger partial charge is 0.217 e. The molecule has 2 aromatic rings. The summed E-state index contributed by atoms with van der Waals surface area (Å²) in [4.78, 5) is 17.9. The molecule has 1 aromatic heterocycles. The summed E-state index contributed by atoms with van der Waals surface area (Å²) >= 11 is 0. The second kappa shape index (κ2) is 14.2. The lowest BCUT2D eigenvalue weighted by Gasteiger charge is -2.24. The molecule has 1 heterocycles. The van der Waals surface area contributed by atoms with Gasteiger partial charge in [-0.2, -0.15) is 10.1 Å². The van der Waals surface area contributed by atoms with Crippen molar-refractivity contribution in [2.45, 2.75) is 47.0 Å². The molecular formula is C25H36N4O3. The number of hydrogen-bond acceptors (Lipinski definition) is 7. The van der Waals surface area contributed by atoms with Crippen molar-refractivity contribution in [3.63, 3.8) is 0 Å². The Hall–Kier alpha value is -2.93. The highest BCUT2D eigenvalue weighted by Crippen LogP contribution is 2.24. The highest BCUT2D eigenvalue weighted by Gasteiger charge is 2.10. The summed E-state index contributed by atoms with van der Waals surface area (Å²) in [5, 5.41) is 4.36. The first-order valence-electron chi connectivity index (χ1n) is 11.3. The zero-order chi connectivity index (χ0) is 23.2. The van der Waals surface area contributed by atoms with Crippen LogP contribution in [0, 0.1) is 6.92 Å². The lowest BCUT2D eigenvalue weighted by atomic mass is 10.2. The number of aryl methyl sites for hydroxylation is 1. The monoisotopic (exact) mass is 440 g/mol. The van der Waals surface area contributed by atoms with Crippen molar-refractivity contribution in [2.24, 2.45) is 5.10 Å². The van der Waals surface area contributed by atoms with Crippen LogP contribution in [-0.2, 0) is 9.53 Å². The molecule has 0 spiro atoms. The van der Waals surface area contributed by atoms with Gasteiger partial charge in [0, 0.05) is 37.3 Å². The van der Waals surface area contributed by atoms with Gasteiger partial charge < -0.3 is 14.4 Å². The Morgan fingerprint density at radius 3 is 2.59 bits per heavy atom. The molecule has 0 aliphatic carbocycles. The van der Waals surface area contributed by atoms with Gasteiger partial charge in [0.1, 0.15) is 12.4 Å². The second-order valence-corrected chi connectivity index (χ2v) is 7.73. The van der Waals surface area contributed by atoms with Gasteiger partial charge in [-0.1, -0.05) is 43.7 Å². The standard InChI is InChI=1S/C25H36N4O3/c1-5-11-29(12-6-2)23-17-24(28-26-19-22-9-7-8-20(3)16-22)27-25(18-23)32-15-14-31-13-10-21(4)30/h7-9,16-19H,5-6,10-15H2,1-4H3,(H,27,28)/b26-19+. The van der Waals surface area contributed by atoms with Crippen molar-refractivity contribution in [3.8, 4) is 5.88 Å². The lowest BCUT2D eigenvalue weighted by Crippen LogP contribution is -2.25. The SMILES string of the molecule is CCCN(CCC)c1cc(N/N=C/c2cccc(C)c2)nc(OCCOCCC(C)=O)c1. The highest BCUT2D eigenvalue weighted by atomic mass is 16.5. The van der Waals surface area contributed by atoms with Crippen LogP contribution in [-0.4, -0.2) is 49.9 Å². The van der Waals surface area contributed by atoms with Crippen LogP contribution >= 0.6 is 0 Å². The summed E-state index contributed by atoms with van der Waals surface area (Å²) in [5.41, 5.74) is 6.29. The number of pyridine rings is 1. The fraction of sp³-hybridized carbons (Fsp3) is 0.480. The fourth-order valence-corrected chi connectivity index (χ4v) is 3.16. The Bertz CT molecular complexity index is 864. The molecule has 1 N–H and O–H groups in total. The molecule has 0 saturated heterocycles. The predicted molar refractivity (Wildman–Crippen MR) is 131 cm³/mol. The van der Waals surface area contributed by atoms with Gasteiger partial charge in [-0.05, 0) is 32.3 Å². The molecule has 32 heavy (non-hydrogen) atoms. The zero-order valence-corrected chi connectivity index (χ0v) is 19.8. The molecule has 0 aliphatic heterocycles. The number of ketones is 1. The van der Waals surface area contributed by atoms with Crippen molar-refractivity contribution in [1.29, 1.82) is 0 Å². The number of nitrogens with one attached hydrogen (secondary N) is 1. The molecule has 7 nitrogen and oxygen atoms in total. The molecule has 0 radical (unpaired) electrons. The number of ether oxygens (including phenoxy) is 2. The van der Waals surface area contributed by atoms with Crippen LogP contribution in [0.2, 0.25) is 0 Å². The van der Waals surface area contributed by atoms with Gasteiger partial charge >= 0.3 is 0 Å². The van der Waals surface area contributed by atoms with Crippen LogP contribution < -0.4 is 15.1 Å². The van der Waals surface area contributed by atoms with E-state index in [1.54, 1.807) is 13.1 Å². The number of aromatic nitrogens is 1. The average molecular weight is 441 g/mol. The summed E-state index contributed by atoms with van der Waals surface area (Å²) in [6.45, 7) is 11.0. The van der Waals surface area contributed by atoms with Gasteiger partial charge in [0.25, 0.3) is 0 Å². The molecule has 0 bridgehead atoms. The molecule has 0 unspecified atom stereocenters. The predicted octanol–water partition coefficient (Wildman–Crippen LogP) is 4.84. The molecule has 174 valence electrons. The van der Waals surface area contributed by atoms with Crippen LogP contribution in [0.5, 0.6) is 5.88 Å². The van der Waals surface area contributed by atoms with Crippen LogP contribution in [0.15, 0.2) is 41.5 Å². The molecule has 7 heteroatoms. The van der Waals surface area contributed by atoms with E-state index in [9.17, 15) is 4.79 Å². The van der Waals surface area contributed by atoms with E-state index >= 15 is 0 Å². The van der Waals surface area contributed by atoms with Crippen molar-refractivity contribution in [2.75, 3.05) is 43.2 Å². The Kier molecular flexibility index (Phi) is 11.2. The number of nitrogens with zero attached hydrogens (tertiary/aromatic N) is 3. The number of anilines is 2. The maximum atomic E-state index is 11.0. The Labute approximate surface area is 191 Å². The number of hydrogen-bond donors (Lipinski definition) is 1. The van der Waals surface area contributed by atoms with Crippen LogP contribution in [0.25, 0.3) is 0 Å². The normalized spacial score (nSPS) is 11.0. The summed E-state index contributed by atoms with van der Waals surface area (Å²) in [6.07, 6.45) is 4.30. The first-order valence-corrected chi connectivity index (χ1v) is 11.3. The Balaban J connectivity index is 2.09. The maximum Gasteiger partial charge on any atom is 0.217 e. The quantitative estimate of drug-likeness (QED) is 0.243. The number of hydrazone groups is 1. The third-order valence-electron chi connectivity index (χ3n) is 4.65. The molecule has 0 aliphatic rings. The summed E-state index contributed by atoms with van der Waals surface area (Å²) in [6, 6.07) is 12.1. The topological polar surface area (TPSA) is 76.1 Å². The van der Waals surface area contributed by atoms with Gasteiger partial charge in [0.05, 0.1) is 19.4 Å². The maximum absolute atomic E-state index is 11.0. The number of carbonyl (C=O) groups is 1. The third kappa shape index (κ3) is 9.47. The molecule has 0 fully saturated rings.